The van der Waals surface area contributed by atoms with Crippen molar-refractivity contribution in [2.45, 2.75) is 32.2 Å². The molecule has 10 heavy (non-hydrogen) atoms. The molecule has 0 atom stereocenters. The molecule has 0 aliphatic carbocycles. The SMILES string of the molecule is COC=[N+]1CCCC1(C)C. The van der Waals surface area contributed by atoms with E-state index < -0.39 is 0 Å². The van der Waals surface area contributed by atoms with Gasteiger partial charge < -0.3 is 4.74 Å². The molecule has 0 unspecified atom stereocenters. The Labute approximate surface area is 62.5 Å². The number of hydrogen-bond donors (Lipinski definition) is 0. The minimum atomic E-state index is 0.315. The number of hydrogen-bond acceptors (Lipinski definition) is 1. The van der Waals surface area contributed by atoms with Gasteiger partial charge in [-0.1, -0.05) is 0 Å². The fraction of sp³-hybridized carbons (Fsp3) is 0.875. The quantitative estimate of drug-likeness (QED) is 0.396. The molecule has 1 heterocycles. The Hall–Kier alpha value is -0.530. The lowest BCUT2D eigenvalue weighted by Crippen LogP contribution is -2.30. The van der Waals surface area contributed by atoms with Crippen LogP contribution in [0.1, 0.15) is 26.7 Å². The monoisotopic (exact) mass is 142 g/mol. The van der Waals surface area contributed by atoms with E-state index in [4.69, 9.17) is 4.74 Å². The zero-order valence-electron chi connectivity index (χ0n) is 7.05. The third-order valence-corrected chi connectivity index (χ3v) is 2.20. The molecule has 0 aromatic rings. The molecule has 0 spiro atoms. The van der Waals surface area contributed by atoms with Crippen molar-refractivity contribution < 1.29 is 9.31 Å². The van der Waals surface area contributed by atoms with E-state index in [0.717, 1.165) is 6.54 Å². The van der Waals surface area contributed by atoms with Gasteiger partial charge in [0.2, 0.25) is 0 Å². The van der Waals surface area contributed by atoms with Crippen LogP contribution >= 0.6 is 0 Å². The normalized spacial score (nSPS) is 27.3. The van der Waals surface area contributed by atoms with Crippen molar-refractivity contribution in [3.8, 4) is 0 Å². The van der Waals surface area contributed by atoms with Crippen molar-refractivity contribution in [2.24, 2.45) is 0 Å². The summed E-state index contributed by atoms with van der Waals surface area (Å²) in [5.74, 6) is 0. The molecule has 2 nitrogen and oxygen atoms in total. The Morgan fingerprint density at radius 2 is 2.20 bits per heavy atom. The van der Waals surface area contributed by atoms with Gasteiger partial charge in [-0.05, 0) is 0 Å². The Morgan fingerprint density at radius 1 is 1.50 bits per heavy atom. The summed E-state index contributed by atoms with van der Waals surface area (Å²) in [7, 11) is 1.70. The maximum Gasteiger partial charge on any atom is 0.323 e. The van der Waals surface area contributed by atoms with Crippen LogP contribution in [-0.2, 0) is 4.74 Å². The molecule has 0 amide bonds. The zero-order chi connectivity index (χ0) is 7.61. The molecule has 1 saturated heterocycles. The lowest BCUT2D eigenvalue weighted by Gasteiger charge is -2.12. The number of ether oxygens (including phenoxy) is 1. The smallest absolute Gasteiger partial charge is 0.323 e. The summed E-state index contributed by atoms with van der Waals surface area (Å²) in [5, 5.41) is 0. The molecule has 0 N–H and O–H groups in total. The van der Waals surface area contributed by atoms with Crippen LogP contribution in [0.3, 0.4) is 0 Å². The van der Waals surface area contributed by atoms with Gasteiger partial charge in [-0.2, -0.15) is 0 Å². The Morgan fingerprint density at radius 3 is 2.60 bits per heavy atom. The molecule has 1 rings (SSSR count). The summed E-state index contributed by atoms with van der Waals surface area (Å²) in [6.45, 7) is 5.63. The predicted octanol–water partition coefficient (Wildman–Crippen LogP) is 1.25. The molecule has 0 radical (unpaired) electrons. The van der Waals surface area contributed by atoms with Crippen LogP contribution in [0.25, 0.3) is 0 Å². The highest BCUT2D eigenvalue weighted by Gasteiger charge is 2.35. The third kappa shape index (κ3) is 1.31. The van der Waals surface area contributed by atoms with E-state index in [1.807, 2.05) is 6.40 Å². The van der Waals surface area contributed by atoms with E-state index in [9.17, 15) is 0 Å². The molecule has 0 aromatic carbocycles. The molecule has 0 aromatic heterocycles. The first-order chi connectivity index (χ1) is 4.67. The molecule has 58 valence electrons. The van der Waals surface area contributed by atoms with E-state index in [0.29, 0.717) is 5.54 Å². The van der Waals surface area contributed by atoms with Gasteiger partial charge in [0, 0.05) is 26.7 Å². The van der Waals surface area contributed by atoms with E-state index in [1.165, 1.54) is 12.8 Å². The molecule has 1 aliphatic heterocycles. The number of rotatable bonds is 1. The fourth-order valence-electron chi connectivity index (χ4n) is 1.45. The van der Waals surface area contributed by atoms with Crippen molar-refractivity contribution in [1.82, 2.24) is 0 Å². The van der Waals surface area contributed by atoms with Crippen LogP contribution in [-0.4, -0.2) is 30.2 Å². The largest absolute Gasteiger partial charge is 0.454 e. The highest BCUT2D eigenvalue weighted by Crippen LogP contribution is 2.22. The summed E-state index contributed by atoms with van der Waals surface area (Å²) in [5.41, 5.74) is 0.315. The highest BCUT2D eigenvalue weighted by atomic mass is 16.5. The molecular weight excluding hydrogens is 126 g/mol. The van der Waals surface area contributed by atoms with Crippen LogP contribution in [0.5, 0.6) is 0 Å². The Balaban J connectivity index is 2.68. The van der Waals surface area contributed by atoms with E-state index >= 15 is 0 Å². The number of methoxy groups -OCH3 is 1. The topological polar surface area (TPSA) is 12.2 Å². The highest BCUT2D eigenvalue weighted by molar-refractivity contribution is 5.39. The summed E-state index contributed by atoms with van der Waals surface area (Å²) in [6, 6.07) is 0. The maximum atomic E-state index is 4.96. The van der Waals surface area contributed by atoms with Crippen molar-refractivity contribution in [3.05, 3.63) is 0 Å². The molecular formula is C8H16NO+. The van der Waals surface area contributed by atoms with Crippen molar-refractivity contribution in [2.75, 3.05) is 13.7 Å². The van der Waals surface area contributed by atoms with Crippen LogP contribution in [0.15, 0.2) is 0 Å². The van der Waals surface area contributed by atoms with Crippen LogP contribution in [0.4, 0.5) is 0 Å². The van der Waals surface area contributed by atoms with Gasteiger partial charge in [0.15, 0.2) is 5.54 Å². The minimum Gasteiger partial charge on any atom is -0.454 e. The molecule has 1 aliphatic rings. The lowest BCUT2D eigenvalue weighted by atomic mass is 10.0. The van der Waals surface area contributed by atoms with E-state index in [1.54, 1.807) is 7.11 Å². The average Bonchev–Trinajstić information content (AvgIpc) is 2.13. The molecule has 0 saturated carbocycles. The van der Waals surface area contributed by atoms with Gasteiger partial charge in [-0.25, -0.2) is 4.58 Å². The zero-order valence-corrected chi connectivity index (χ0v) is 7.05. The predicted molar refractivity (Wildman–Crippen MR) is 41.5 cm³/mol. The van der Waals surface area contributed by atoms with Crippen molar-refractivity contribution >= 4 is 6.40 Å². The first kappa shape index (κ1) is 7.58. The first-order valence-corrected chi connectivity index (χ1v) is 3.80. The second kappa shape index (κ2) is 2.60. The second-order valence-corrected chi connectivity index (χ2v) is 3.45. The molecule has 0 bridgehead atoms. The van der Waals surface area contributed by atoms with E-state index in [2.05, 4.69) is 18.4 Å². The Bertz CT molecular complexity index is 149. The van der Waals surface area contributed by atoms with Crippen molar-refractivity contribution in [3.63, 3.8) is 0 Å². The number of nitrogens with zero attached hydrogens (tertiary/aromatic N) is 1. The summed E-state index contributed by atoms with van der Waals surface area (Å²) in [6.07, 6.45) is 4.38. The van der Waals surface area contributed by atoms with Gasteiger partial charge >= 0.3 is 6.40 Å². The average molecular weight is 142 g/mol. The van der Waals surface area contributed by atoms with Gasteiger partial charge in [0.05, 0.1) is 7.11 Å². The Kier molecular flexibility index (Phi) is 1.97. The summed E-state index contributed by atoms with van der Waals surface area (Å²) >= 11 is 0. The van der Waals surface area contributed by atoms with Gasteiger partial charge in [0.25, 0.3) is 0 Å². The minimum absolute atomic E-state index is 0.315. The van der Waals surface area contributed by atoms with Crippen LogP contribution < -0.4 is 0 Å². The van der Waals surface area contributed by atoms with Gasteiger partial charge in [-0.3, -0.25) is 0 Å². The van der Waals surface area contributed by atoms with Crippen LogP contribution in [0, 0.1) is 0 Å². The third-order valence-electron chi connectivity index (χ3n) is 2.20. The van der Waals surface area contributed by atoms with E-state index in [-0.39, 0.29) is 0 Å². The standard InChI is InChI=1S/C8H16NO/c1-8(2)5-4-6-9(8)7-10-3/h7H,4-6H2,1-3H3/q+1. The lowest BCUT2D eigenvalue weighted by molar-refractivity contribution is -0.580. The summed E-state index contributed by atoms with van der Waals surface area (Å²) < 4.78 is 7.22. The van der Waals surface area contributed by atoms with Crippen molar-refractivity contribution in [1.29, 1.82) is 0 Å². The summed E-state index contributed by atoms with van der Waals surface area (Å²) in [4.78, 5) is 0. The molecule has 1 fully saturated rings. The van der Waals surface area contributed by atoms with Crippen LogP contribution in [0.2, 0.25) is 0 Å². The second-order valence-electron chi connectivity index (χ2n) is 3.45. The van der Waals surface area contributed by atoms with Gasteiger partial charge in [-0.15, -0.1) is 0 Å². The first-order valence-electron chi connectivity index (χ1n) is 3.80. The molecule has 2 heteroatoms. The maximum absolute atomic E-state index is 4.96. The fourth-order valence-corrected chi connectivity index (χ4v) is 1.45. The van der Waals surface area contributed by atoms with Gasteiger partial charge in [0.1, 0.15) is 6.54 Å².